The van der Waals surface area contributed by atoms with Crippen molar-refractivity contribution in [3.8, 4) is 5.75 Å². The third-order valence-electron chi connectivity index (χ3n) is 5.47. The van der Waals surface area contributed by atoms with E-state index in [0.29, 0.717) is 5.75 Å². The molecule has 0 fully saturated rings. The van der Waals surface area contributed by atoms with Crippen molar-refractivity contribution in [2.45, 2.75) is 58.3 Å². The molecule has 1 aromatic carbocycles. The van der Waals surface area contributed by atoms with E-state index in [0.717, 1.165) is 36.2 Å². The van der Waals surface area contributed by atoms with Gasteiger partial charge in [-0.3, -0.25) is 0 Å². The Labute approximate surface area is 128 Å². The highest BCUT2D eigenvalue weighted by atomic mass is 16.3. The molecule has 0 saturated carbocycles. The van der Waals surface area contributed by atoms with Crippen LogP contribution >= 0.6 is 0 Å². The van der Waals surface area contributed by atoms with Crippen molar-refractivity contribution in [1.82, 2.24) is 0 Å². The van der Waals surface area contributed by atoms with Crippen LogP contribution in [-0.2, 0) is 10.8 Å². The van der Waals surface area contributed by atoms with Gasteiger partial charge < -0.3 is 10.0 Å². The highest BCUT2D eigenvalue weighted by Crippen LogP contribution is 2.53. The second-order valence-electron chi connectivity index (χ2n) is 8.08. The molecule has 3 rings (SSSR count). The fourth-order valence-electron chi connectivity index (χ4n) is 3.90. The van der Waals surface area contributed by atoms with E-state index in [-0.39, 0.29) is 10.8 Å². The van der Waals surface area contributed by atoms with E-state index in [1.807, 2.05) is 6.92 Å². The Bertz CT molecular complexity index is 623. The molecule has 0 bridgehead atoms. The van der Waals surface area contributed by atoms with Crippen LogP contribution < -0.4 is 4.90 Å². The quantitative estimate of drug-likeness (QED) is 0.815. The molecule has 1 aromatic rings. The molecule has 0 amide bonds. The average molecular weight is 285 g/mol. The summed E-state index contributed by atoms with van der Waals surface area (Å²) in [6.45, 7) is 17.4. The molecule has 2 heterocycles. The van der Waals surface area contributed by atoms with Crippen LogP contribution in [0.15, 0.2) is 12.6 Å². The van der Waals surface area contributed by atoms with Gasteiger partial charge in [-0.2, -0.15) is 0 Å². The summed E-state index contributed by atoms with van der Waals surface area (Å²) >= 11 is 0. The van der Waals surface area contributed by atoms with E-state index >= 15 is 0 Å². The minimum absolute atomic E-state index is 0.0174. The molecule has 2 aliphatic rings. The Morgan fingerprint density at radius 3 is 2.29 bits per heavy atom. The van der Waals surface area contributed by atoms with Crippen LogP contribution in [0.5, 0.6) is 5.75 Å². The molecular weight excluding hydrogens is 258 g/mol. The number of phenolic OH excluding ortho intramolecular Hbond substituents is 1. The van der Waals surface area contributed by atoms with Crippen LogP contribution in [0.2, 0.25) is 0 Å². The van der Waals surface area contributed by atoms with E-state index in [9.17, 15) is 5.11 Å². The zero-order chi connectivity index (χ0) is 15.6. The van der Waals surface area contributed by atoms with Crippen molar-refractivity contribution < 1.29 is 5.11 Å². The van der Waals surface area contributed by atoms with Gasteiger partial charge in [0.2, 0.25) is 0 Å². The lowest BCUT2D eigenvalue weighted by atomic mass is 9.68. The number of nitrogens with zero attached hydrogens (tertiary/aromatic N) is 1. The maximum absolute atomic E-state index is 10.9. The molecule has 2 heteroatoms. The maximum Gasteiger partial charge on any atom is 0.128 e. The summed E-state index contributed by atoms with van der Waals surface area (Å²) in [7, 11) is 0. The third kappa shape index (κ3) is 1.99. The van der Waals surface area contributed by atoms with E-state index in [4.69, 9.17) is 0 Å². The molecule has 2 aliphatic heterocycles. The number of allylic oxidation sites excluding steroid dienone is 1. The average Bonchev–Trinajstić information content (AvgIpc) is 2.35. The molecule has 0 unspecified atom stereocenters. The van der Waals surface area contributed by atoms with Gasteiger partial charge in [0.05, 0.1) is 0 Å². The van der Waals surface area contributed by atoms with Gasteiger partial charge in [0, 0.05) is 29.9 Å². The molecule has 0 spiro atoms. The maximum atomic E-state index is 10.9. The van der Waals surface area contributed by atoms with Crippen molar-refractivity contribution in [3.05, 3.63) is 29.3 Å². The van der Waals surface area contributed by atoms with Crippen LogP contribution in [0.3, 0.4) is 0 Å². The van der Waals surface area contributed by atoms with Crippen LogP contribution in [0.1, 0.15) is 64.2 Å². The highest BCUT2D eigenvalue weighted by Gasteiger charge is 2.42. The second kappa shape index (κ2) is 4.28. The highest BCUT2D eigenvalue weighted by molar-refractivity contribution is 5.80. The molecular formula is C19H27NO. The van der Waals surface area contributed by atoms with Gasteiger partial charge >= 0.3 is 0 Å². The van der Waals surface area contributed by atoms with Crippen molar-refractivity contribution in [1.29, 1.82) is 0 Å². The SMILES string of the molecule is C=C(C)c1cc2c3c(c1O)C(C)(C)CCN3CCC2(C)C. The third-order valence-corrected chi connectivity index (χ3v) is 5.47. The van der Waals surface area contributed by atoms with Gasteiger partial charge in [-0.15, -0.1) is 0 Å². The lowest BCUT2D eigenvalue weighted by Crippen LogP contribution is -2.44. The summed E-state index contributed by atoms with van der Waals surface area (Å²) in [4.78, 5) is 2.48. The minimum atomic E-state index is 0.0174. The number of benzene rings is 1. The minimum Gasteiger partial charge on any atom is -0.507 e. The van der Waals surface area contributed by atoms with Crippen molar-refractivity contribution in [2.24, 2.45) is 0 Å². The molecule has 21 heavy (non-hydrogen) atoms. The summed E-state index contributed by atoms with van der Waals surface area (Å²) in [5.41, 5.74) is 5.86. The fourth-order valence-corrected chi connectivity index (χ4v) is 3.90. The van der Waals surface area contributed by atoms with Crippen molar-refractivity contribution >= 4 is 11.3 Å². The van der Waals surface area contributed by atoms with Crippen LogP contribution in [0.25, 0.3) is 5.57 Å². The van der Waals surface area contributed by atoms with E-state index < -0.39 is 0 Å². The zero-order valence-corrected chi connectivity index (χ0v) is 14.0. The largest absolute Gasteiger partial charge is 0.507 e. The number of rotatable bonds is 1. The summed E-state index contributed by atoms with van der Waals surface area (Å²) in [6.07, 6.45) is 2.26. The summed E-state index contributed by atoms with van der Waals surface area (Å²) in [6, 6.07) is 2.18. The molecule has 2 nitrogen and oxygen atoms in total. The first-order chi connectivity index (χ1) is 9.65. The van der Waals surface area contributed by atoms with Crippen molar-refractivity contribution in [3.63, 3.8) is 0 Å². The van der Waals surface area contributed by atoms with E-state index in [2.05, 4.69) is 45.2 Å². The van der Waals surface area contributed by atoms with Crippen LogP contribution in [0.4, 0.5) is 5.69 Å². The van der Waals surface area contributed by atoms with Crippen molar-refractivity contribution in [2.75, 3.05) is 18.0 Å². The predicted molar refractivity (Wildman–Crippen MR) is 90.3 cm³/mol. The molecule has 0 radical (unpaired) electrons. The molecule has 1 N–H and O–H groups in total. The van der Waals surface area contributed by atoms with Gasteiger partial charge in [-0.05, 0) is 47.8 Å². The summed E-state index contributed by atoms with van der Waals surface area (Å²) in [5, 5.41) is 10.9. The molecule has 0 aromatic heterocycles. The molecule has 0 atom stereocenters. The number of phenols is 1. The smallest absolute Gasteiger partial charge is 0.128 e. The first kappa shape index (κ1) is 14.5. The van der Waals surface area contributed by atoms with E-state index in [1.54, 1.807) is 0 Å². The first-order valence-corrected chi connectivity index (χ1v) is 7.97. The normalized spacial score (nSPS) is 21.9. The Kier molecular flexibility index (Phi) is 2.96. The predicted octanol–water partition coefficient (Wildman–Crippen LogP) is 4.59. The van der Waals surface area contributed by atoms with Gasteiger partial charge in [0.15, 0.2) is 0 Å². The Morgan fingerprint density at radius 2 is 1.71 bits per heavy atom. The second-order valence-corrected chi connectivity index (χ2v) is 8.08. The number of hydrogen-bond donors (Lipinski definition) is 1. The van der Waals surface area contributed by atoms with Gasteiger partial charge in [0.25, 0.3) is 0 Å². The van der Waals surface area contributed by atoms with Gasteiger partial charge in [-0.1, -0.05) is 34.3 Å². The zero-order valence-electron chi connectivity index (χ0n) is 14.0. The molecule has 114 valence electrons. The summed E-state index contributed by atoms with van der Waals surface area (Å²) < 4.78 is 0. The van der Waals surface area contributed by atoms with Gasteiger partial charge in [-0.25, -0.2) is 0 Å². The fraction of sp³-hybridized carbons (Fsp3) is 0.579. The van der Waals surface area contributed by atoms with Crippen LogP contribution in [0, 0.1) is 0 Å². The lowest BCUT2D eigenvalue weighted by molar-refractivity contribution is 0.378. The standard InChI is InChI=1S/C19H27NO/c1-12(2)13-11-14-16-15(17(13)21)19(5,6)8-10-20(16)9-7-18(14,3)4/h11,21H,1,7-10H2,2-6H3. The topological polar surface area (TPSA) is 23.5 Å². The molecule has 0 aliphatic carbocycles. The van der Waals surface area contributed by atoms with Gasteiger partial charge in [0.1, 0.15) is 5.75 Å². The number of anilines is 1. The monoisotopic (exact) mass is 285 g/mol. The Morgan fingerprint density at radius 1 is 1.14 bits per heavy atom. The number of aromatic hydroxyl groups is 1. The summed E-state index contributed by atoms with van der Waals surface area (Å²) in [5.74, 6) is 0.452. The first-order valence-electron chi connectivity index (χ1n) is 7.97. The van der Waals surface area contributed by atoms with Crippen LogP contribution in [-0.4, -0.2) is 18.2 Å². The Hall–Kier alpha value is -1.44. The molecule has 0 saturated heterocycles. The lowest BCUT2D eigenvalue weighted by Gasteiger charge is -2.48. The number of hydrogen-bond acceptors (Lipinski definition) is 2. The van der Waals surface area contributed by atoms with E-state index in [1.165, 1.54) is 17.7 Å². The Balaban J connectivity index is 2.40.